The van der Waals surface area contributed by atoms with Crippen LogP contribution in [-0.4, -0.2) is 52.7 Å². The van der Waals surface area contributed by atoms with E-state index in [1.165, 1.54) is 35.4 Å². The van der Waals surface area contributed by atoms with Crippen molar-refractivity contribution in [2.24, 2.45) is 0 Å². The zero-order chi connectivity index (χ0) is 17.1. The Labute approximate surface area is 136 Å². The molecule has 1 unspecified atom stereocenters. The average molecular weight is 334 g/mol. The molecule has 0 spiro atoms. The third-order valence-electron chi connectivity index (χ3n) is 3.71. The van der Waals surface area contributed by atoms with Crippen molar-refractivity contribution in [1.29, 1.82) is 0 Å². The van der Waals surface area contributed by atoms with E-state index in [1.54, 1.807) is 0 Å². The number of halogens is 1. The summed E-state index contributed by atoms with van der Waals surface area (Å²) < 4.78 is 23.3. The monoisotopic (exact) mass is 334 g/mol. The van der Waals surface area contributed by atoms with Crippen molar-refractivity contribution in [1.82, 2.24) is 9.88 Å². The first kappa shape index (κ1) is 16.1. The predicted molar refractivity (Wildman–Crippen MR) is 79.6 cm³/mol. The molecular formula is C16H15FN2O5. The molecule has 2 heterocycles. The van der Waals surface area contributed by atoms with Crippen LogP contribution in [0.25, 0.3) is 11.5 Å². The minimum atomic E-state index is -1.10. The van der Waals surface area contributed by atoms with Crippen LogP contribution in [0.5, 0.6) is 0 Å². The van der Waals surface area contributed by atoms with Gasteiger partial charge in [0.2, 0.25) is 11.8 Å². The van der Waals surface area contributed by atoms with Gasteiger partial charge in [-0.2, -0.15) is 0 Å². The number of carbonyl (C=O) groups excluding carboxylic acids is 1. The molecular weight excluding hydrogens is 319 g/mol. The standard InChI is InChI=1S/C16H15FN2O5/c17-11-3-1-10(2-4-11)15-18-12(8-24-15)7-14(20)19-5-6-23-9-13(19)16(21)22/h1-4,8,13H,5-7,9H2,(H,21,22). The van der Waals surface area contributed by atoms with Crippen LogP contribution >= 0.6 is 0 Å². The Morgan fingerprint density at radius 1 is 1.33 bits per heavy atom. The van der Waals surface area contributed by atoms with Gasteiger partial charge in [0.1, 0.15) is 12.1 Å². The quantitative estimate of drug-likeness (QED) is 0.907. The summed E-state index contributed by atoms with van der Waals surface area (Å²) in [5, 5.41) is 9.16. The van der Waals surface area contributed by atoms with Crippen LogP contribution < -0.4 is 0 Å². The van der Waals surface area contributed by atoms with Crippen LogP contribution in [-0.2, 0) is 20.7 Å². The molecule has 2 aromatic rings. The number of hydrogen-bond acceptors (Lipinski definition) is 5. The van der Waals surface area contributed by atoms with Crippen LogP contribution in [0.3, 0.4) is 0 Å². The van der Waals surface area contributed by atoms with E-state index in [9.17, 15) is 14.0 Å². The number of aliphatic carboxylic acids is 1. The van der Waals surface area contributed by atoms with Crippen molar-refractivity contribution in [2.75, 3.05) is 19.8 Å². The summed E-state index contributed by atoms with van der Waals surface area (Å²) in [6, 6.07) is 4.63. The van der Waals surface area contributed by atoms with Crippen LogP contribution in [0.15, 0.2) is 34.9 Å². The first-order valence-corrected chi connectivity index (χ1v) is 7.35. The zero-order valence-corrected chi connectivity index (χ0v) is 12.6. The number of amides is 1. The minimum Gasteiger partial charge on any atom is -0.480 e. The van der Waals surface area contributed by atoms with E-state index in [2.05, 4.69) is 4.98 Å². The van der Waals surface area contributed by atoms with Crippen molar-refractivity contribution in [3.63, 3.8) is 0 Å². The second kappa shape index (κ2) is 6.79. The van der Waals surface area contributed by atoms with Gasteiger partial charge >= 0.3 is 5.97 Å². The summed E-state index contributed by atoms with van der Waals surface area (Å²) in [7, 11) is 0. The Balaban J connectivity index is 1.70. The number of aromatic nitrogens is 1. The highest BCUT2D eigenvalue weighted by Gasteiger charge is 2.32. The smallest absolute Gasteiger partial charge is 0.328 e. The van der Waals surface area contributed by atoms with Crippen LogP contribution in [0.4, 0.5) is 4.39 Å². The van der Waals surface area contributed by atoms with E-state index < -0.39 is 12.0 Å². The highest BCUT2D eigenvalue weighted by molar-refractivity contribution is 5.85. The molecule has 7 nitrogen and oxygen atoms in total. The number of oxazole rings is 1. The molecule has 1 fully saturated rings. The number of nitrogens with zero attached hydrogens (tertiary/aromatic N) is 2. The maximum absolute atomic E-state index is 12.9. The Hall–Kier alpha value is -2.74. The molecule has 0 aliphatic carbocycles. The second-order valence-electron chi connectivity index (χ2n) is 5.34. The molecule has 1 aliphatic rings. The highest BCUT2D eigenvalue weighted by Crippen LogP contribution is 2.20. The molecule has 1 saturated heterocycles. The van der Waals surface area contributed by atoms with Gasteiger partial charge in [-0.3, -0.25) is 4.79 Å². The molecule has 3 rings (SSSR count). The number of hydrogen-bond donors (Lipinski definition) is 1. The molecule has 1 amide bonds. The highest BCUT2D eigenvalue weighted by atomic mass is 19.1. The fourth-order valence-electron chi connectivity index (χ4n) is 2.48. The van der Waals surface area contributed by atoms with E-state index in [4.69, 9.17) is 14.3 Å². The lowest BCUT2D eigenvalue weighted by Gasteiger charge is -2.32. The van der Waals surface area contributed by atoms with Gasteiger partial charge in [-0.15, -0.1) is 0 Å². The van der Waals surface area contributed by atoms with Crippen molar-refractivity contribution in [3.05, 3.63) is 42.0 Å². The zero-order valence-electron chi connectivity index (χ0n) is 12.6. The summed E-state index contributed by atoms with van der Waals surface area (Å²) in [4.78, 5) is 29.0. The molecule has 1 N–H and O–H groups in total. The number of carboxylic acid groups (broad SMARTS) is 1. The lowest BCUT2D eigenvalue weighted by Crippen LogP contribution is -2.53. The van der Waals surface area contributed by atoms with Gasteiger partial charge in [0.15, 0.2) is 6.04 Å². The third kappa shape index (κ3) is 3.43. The van der Waals surface area contributed by atoms with Gasteiger partial charge in [-0.25, -0.2) is 14.2 Å². The van der Waals surface area contributed by atoms with E-state index >= 15 is 0 Å². The summed E-state index contributed by atoms with van der Waals surface area (Å²) in [6.07, 6.45) is 1.27. The minimum absolute atomic E-state index is 0.0271. The van der Waals surface area contributed by atoms with E-state index in [0.717, 1.165) is 0 Å². The topological polar surface area (TPSA) is 92.9 Å². The van der Waals surface area contributed by atoms with Crippen molar-refractivity contribution in [3.8, 4) is 11.5 Å². The Morgan fingerprint density at radius 3 is 2.79 bits per heavy atom. The molecule has 1 aromatic carbocycles. The lowest BCUT2D eigenvalue weighted by atomic mass is 10.2. The molecule has 1 atom stereocenters. The fraction of sp³-hybridized carbons (Fsp3) is 0.312. The largest absolute Gasteiger partial charge is 0.480 e. The van der Waals surface area contributed by atoms with Crippen molar-refractivity contribution >= 4 is 11.9 Å². The molecule has 1 aromatic heterocycles. The van der Waals surface area contributed by atoms with Crippen LogP contribution in [0.1, 0.15) is 5.69 Å². The van der Waals surface area contributed by atoms with Gasteiger partial charge in [0.25, 0.3) is 0 Å². The third-order valence-corrected chi connectivity index (χ3v) is 3.71. The van der Waals surface area contributed by atoms with Crippen LogP contribution in [0.2, 0.25) is 0 Å². The van der Waals surface area contributed by atoms with E-state index in [0.29, 0.717) is 17.9 Å². The molecule has 0 bridgehead atoms. The molecule has 0 saturated carbocycles. The van der Waals surface area contributed by atoms with Crippen LogP contribution in [0, 0.1) is 5.82 Å². The Bertz CT molecular complexity index is 743. The number of rotatable bonds is 4. The predicted octanol–water partition coefficient (Wildman–Crippen LogP) is 1.34. The summed E-state index contributed by atoms with van der Waals surface area (Å²) >= 11 is 0. The normalized spacial score (nSPS) is 17.7. The number of ether oxygens (including phenoxy) is 1. The number of morpholine rings is 1. The van der Waals surface area contributed by atoms with Gasteiger partial charge in [-0.1, -0.05) is 0 Å². The number of carbonyl (C=O) groups is 2. The molecule has 8 heteroatoms. The molecule has 24 heavy (non-hydrogen) atoms. The Morgan fingerprint density at radius 2 is 2.08 bits per heavy atom. The van der Waals surface area contributed by atoms with Crippen molar-refractivity contribution < 1.29 is 28.2 Å². The fourth-order valence-corrected chi connectivity index (χ4v) is 2.48. The summed E-state index contributed by atoms with van der Waals surface area (Å²) in [6.45, 7) is 0.494. The average Bonchev–Trinajstić information content (AvgIpc) is 3.04. The van der Waals surface area contributed by atoms with Crippen molar-refractivity contribution in [2.45, 2.75) is 12.5 Å². The molecule has 0 radical (unpaired) electrons. The molecule has 126 valence electrons. The Kier molecular flexibility index (Phi) is 4.57. The maximum atomic E-state index is 12.9. The first-order chi connectivity index (χ1) is 11.5. The van der Waals surface area contributed by atoms with E-state index in [1.807, 2.05) is 0 Å². The number of carboxylic acids is 1. The first-order valence-electron chi connectivity index (χ1n) is 7.35. The summed E-state index contributed by atoms with van der Waals surface area (Å²) in [5.41, 5.74) is 0.972. The summed E-state index contributed by atoms with van der Waals surface area (Å²) in [5.74, 6) is -1.55. The maximum Gasteiger partial charge on any atom is 0.328 e. The number of benzene rings is 1. The van der Waals surface area contributed by atoms with E-state index in [-0.39, 0.29) is 37.2 Å². The van der Waals surface area contributed by atoms with Gasteiger partial charge < -0.3 is 19.2 Å². The van der Waals surface area contributed by atoms with Gasteiger partial charge in [0, 0.05) is 12.1 Å². The SMILES string of the molecule is O=C(O)C1COCCN1C(=O)Cc1coc(-c2ccc(F)cc2)n1. The molecule has 1 aliphatic heterocycles. The van der Waals surface area contributed by atoms with Gasteiger partial charge in [-0.05, 0) is 24.3 Å². The van der Waals surface area contributed by atoms with Gasteiger partial charge in [0.05, 0.1) is 25.3 Å². The second-order valence-corrected chi connectivity index (χ2v) is 5.34. The lowest BCUT2D eigenvalue weighted by molar-refractivity contribution is -0.158.